The lowest BCUT2D eigenvalue weighted by atomic mass is 10.2. The topological polar surface area (TPSA) is 46.6 Å². The summed E-state index contributed by atoms with van der Waals surface area (Å²) >= 11 is 3.24. The Morgan fingerprint density at radius 2 is 2.05 bits per heavy atom. The summed E-state index contributed by atoms with van der Waals surface area (Å²) in [5.74, 6) is 1.74. The van der Waals surface area contributed by atoms with E-state index in [1.807, 2.05) is 23.1 Å². The predicted molar refractivity (Wildman–Crippen MR) is 92.1 cm³/mol. The SMILES string of the molecule is COC(=O)CSC1CCN(C(=O)CSCc2ccccc2)C1. The van der Waals surface area contributed by atoms with E-state index in [0.29, 0.717) is 16.8 Å². The van der Waals surface area contributed by atoms with E-state index in [1.165, 1.54) is 12.7 Å². The molecule has 0 aromatic heterocycles. The highest BCUT2D eigenvalue weighted by Gasteiger charge is 2.26. The third kappa shape index (κ3) is 5.57. The molecule has 1 aromatic rings. The molecule has 1 unspecified atom stereocenters. The third-order valence-electron chi connectivity index (χ3n) is 3.50. The predicted octanol–water partition coefficient (Wildman–Crippen LogP) is 2.43. The van der Waals surface area contributed by atoms with Crippen LogP contribution in [-0.2, 0) is 20.1 Å². The molecule has 22 heavy (non-hydrogen) atoms. The van der Waals surface area contributed by atoms with Gasteiger partial charge in [0.05, 0.1) is 18.6 Å². The van der Waals surface area contributed by atoms with Crippen molar-refractivity contribution < 1.29 is 14.3 Å². The van der Waals surface area contributed by atoms with E-state index in [4.69, 9.17) is 0 Å². The molecule has 0 radical (unpaired) electrons. The summed E-state index contributed by atoms with van der Waals surface area (Å²) in [5.41, 5.74) is 1.24. The molecule has 1 amide bonds. The van der Waals surface area contributed by atoms with Gasteiger partial charge < -0.3 is 9.64 Å². The number of ether oxygens (including phenoxy) is 1. The van der Waals surface area contributed by atoms with Crippen molar-refractivity contribution in [2.45, 2.75) is 17.4 Å². The lowest BCUT2D eigenvalue weighted by molar-refractivity contribution is -0.137. The van der Waals surface area contributed by atoms with E-state index in [9.17, 15) is 9.59 Å². The van der Waals surface area contributed by atoms with Crippen LogP contribution in [0.25, 0.3) is 0 Å². The van der Waals surface area contributed by atoms with Crippen molar-refractivity contribution in [3.63, 3.8) is 0 Å². The monoisotopic (exact) mass is 339 g/mol. The maximum absolute atomic E-state index is 12.2. The molecular weight excluding hydrogens is 318 g/mol. The second kappa shape index (κ2) is 9.10. The Balaban J connectivity index is 1.65. The van der Waals surface area contributed by atoms with Crippen molar-refractivity contribution in [1.82, 2.24) is 4.90 Å². The number of carbonyl (C=O) groups is 2. The number of thioether (sulfide) groups is 2. The Morgan fingerprint density at radius 3 is 2.77 bits per heavy atom. The van der Waals surface area contributed by atoms with Crippen LogP contribution in [0.15, 0.2) is 30.3 Å². The molecule has 0 saturated carbocycles. The van der Waals surface area contributed by atoms with Gasteiger partial charge in [-0.1, -0.05) is 30.3 Å². The molecule has 0 N–H and O–H groups in total. The number of likely N-dealkylation sites (tertiary alicyclic amines) is 1. The smallest absolute Gasteiger partial charge is 0.315 e. The molecule has 120 valence electrons. The number of rotatable bonds is 7. The first-order valence-corrected chi connectivity index (χ1v) is 9.47. The highest BCUT2D eigenvalue weighted by Crippen LogP contribution is 2.23. The number of nitrogens with zero attached hydrogens (tertiary/aromatic N) is 1. The fourth-order valence-corrected chi connectivity index (χ4v) is 4.19. The summed E-state index contributed by atoms with van der Waals surface area (Å²) in [6.07, 6.45) is 0.955. The van der Waals surface area contributed by atoms with Gasteiger partial charge in [-0.3, -0.25) is 9.59 Å². The van der Waals surface area contributed by atoms with Crippen LogP contribution in [0.2, 0.25) is 0 Å². The third-order valence-corrected chi connectivity index (χ3v) is 5.75. The Hall–Kier alpha value is -1.14. The minimum atomic E-state index is -0.201. The lowest BCUT2D eigenvalue weighted by Crippen LogP contribution is -2.30. The molecule has 6 heteroatoms. The summed E-state index contributed by atoms with van der Waals surface area (Å²) in [6.45, 7) is 1.54. The fourth-order valence-electron chi connectivity index (χ4n) is 2.26. The Bertz CT molecular complexity index is 495. The lowest BCUT2D eigenvalue weighted by Gasteiger charge is -2.16. The van der Waals surface area contributed by atoms with E-state index in [0.717, 1.165) is 25.3 Å². The minimum absolute atomic E-state index is 0.196. The van der Waals surface area contributed by atoms with Gasteiger partial charge in [0.15, 0.2) is 0 Å². The number of benzene rings is 1. The second-order valence-electron chi connectivity index (χ2n) is 5.12. The quantitative estimate of drug-likeness (QED) is 0.714. The number of carbonyl (C=O) groups excluding carboxylic acids is 2. The summed E-state index contributed by atoms with van der Waals surface area (Å²) in [6, 6.07) is 10.2. The first-order chi connectivity index (χ1) is 10.7. The summed E-state index contributed by atoms with van der Waals surface area (Å²) in [4.78, 5) is 25.2. The summed E-state index contributed by atoms with van der Waals surface area (Å²) in [7, 11) is 1.40. The molecule has 2 rings (SSSR count). The number of hydrogen-bond donors (Lipinski definition) is 0. The van der Waals surface area contributed by atoms with Gasteiger partial charge in [0.2, 0.25) is 5.91 Å². The van der Waals surface area contributed by atoms with Gasteiger partial charge in [0.25, 0.3) is 0 Å². The molecule has 1 aliphatic rings. The Labute approximate surface area is 140 Å². The Morgan fingerprint density at radius 1 is 1.27 bits per heavy atom. The first-order valence-electron chi connectivity index (χ1n) is 7.27. The molecule has 0 spiro atoms. The fraction of sp³-hybridized carbons (Fsp3) is 0.500. The zero-order valence-electron chi connectivity index (χ0n) is 12.7. The average Bonchev–Trinajstić information content (AvgIpc) is 3.02. The standard InChI is InChI=1S/C16H21NO3S2/c1-20-16(19)12-22-14-7-8-17(9-14)15(18)11-21-10-13-5-3-2-4-6-13/h2-6,14H,7-12H2,1H3. The van der Waals surface area contributed by atoms with E-state index >= 15 is 0 Å². The average molecular weight is 339 g/mol. The molecule has 0 bridgehead atoms. The highest BCUT2D eigenvalue weighted by atomic mass is 32.2. The number of methoxy groups -OCH3 is 1. The van der Waals surface area contributed by atoms with Crippen molar-refractivity contribution in [3.8, 4) is 0 Å². The highest BCUT2D eigenvalue weighted by molar-refractivity contribution is 8.00. The van der Waals surface area contributed by atoms with Gasteiger partial charge in [0.1, 0.15) is 0 Å². The summed E-state index contributed by atoms with van der Waals surface area (Å²) < 4.78 is 4.64. The van der Waals surface area contributed by atoms with Gasteiger partial charge in [-0.25, -0.2) is 0 Å². The van der Waals surface area contributed by atoms with Gasteiger partial charge in [-0.05, 0) is 12.0 Å². The normalized spacial score (nSPS) is 17.5. The molecule has 0 aliphatic carbocycles. The molecule has 1 atom stereocenters. The van der Waals surface area contributed by atoms with E-state index < -0.39 is 0 Å². The van der Waals surface area contributed by atoms with E-state index in [2.05, 4.69) is 16.9 Å². The van der Waals surface area contributed by atoms with Gasteiger partial charge >= 0.3 is 5.97 Å². The minimum Gasteiger partial charge on any atom is -0.468 e. The van der Waals surface area contributed by atoms with Gasteiger partial charge in [-0.15, -0.1) is 23.5 Å². The number of hydrogen-bond acceptors (Lipinski definition) is 5. The van der Waals surface area contributed by atoms with Crippen LogP contribution in [-0.4, -0.2) is 53.7 Å². The molecule has 1 saturated heterocycles. The van der Waals surface area contributed by atoms with Crippen LogP contribution in [0, 0.1) is 0 Å². The molecule has 1 aromatic carbocycles. The maximum Gasteiger partial charge on any atom is 0.315 e. The van der Waals surface area contributed by atoms with Crippen molar-refractivity contribution >= 4 is 35.4 Å². The van der Waals surface area contributed by atoms with Crippen LogP contribution < -0.4 is 0 Å². The van der Waals surface area contributed by atoms with Crippen LogP contribution in [0.3, 0.4) is 0 Å². The molecule has 1 aliphatic heterocycles. The summed E-state index contributed by atoms with van der Waals surface area (Å²) in [5, 5.41) is 0.349. The maximum atomic E-state index is 12.2. The van der Waals surface area contributed by atoms with Crippen LogP contribution in [0.1, 0.15) is 12.0 Å². The van der Waals surface area contributed by atoms with Crippen molar-refractivity contribution in [3.05, 3.63) is 35.9 Å². The van der Waals surface area contributed by atoms with Crippen LogP contribution >= 0.6 is 23.5 Å². The second-order valence-corrected chi connectivity index (χ2v) is 7.39. The molecule has 1 heterocycles. The molecule has 4 nitrogen and oxygen atoms in total. The zero-order valence-corrected chi connectivity index (χ0v) is 14.3. The number of amides is 1. The molecular formula is C16H21NO3S2. The van der Waals surface area contributed by atoms with E-state index in [1.54, 1.807) is 23.5 Å². The van der Waals surface area contributed by atoms with Gasteiger partial charge in [0, 0.05) is 24.1 Å². The Kier molecular flexibility index (Phi) is 7.12. The number of esters is 1. The van der Waals surface area contributed by atoms with Crippen molar-refractivity contribution in [1.29, 1.82) is 0 Å². The largest absolute Gasteiger partial charge is 0.468 e. The van der Waals surface area contributed by atoms with E-state index in [-0.39, 0.29) is 11.9 Å². The first kappa shape index (κ1) is 17.2. The zero-order chi connectivity index (χ0) is 15.8. The van der Waals surface area contributed by atoms with Crippen molar-refractivity contribution in [2.75, 3.05) is 31.7 Å². The van der Waals surface area contributed by atoms with Crippen LogP contribution in [0.4, 0.5) is 0 Å². The van der Waals surface area contributed by atoms with Gasteiger partial charge in [-0.2, -0.15) is 0 Å². The van der Waals surface area contributed by atoms with Crippen LogP contribution in [0.5, 0.6) is 0 Å². The molecule has 1 fully saturated rings. The van der Waals surface area contributed by atoms with Crippen molar-refractivity contribution in [2.24, 2.45) is 0 Å².